The Labute approximate surface area is 134 Å². The number of rotatable bonds is 8. The highest BCUT2D eigenvalue weighted by Crippen LogP contribution is 2.30. The van der Waals surface area contributed by atoms with Crippen molar-refractivity contribution in [3.8, 4) is 0 Å². The molecule has 2 amide bonds. The van der Waals surface area contributed by atoms with Crippen LogP contribution in [0.2, 0.25) is 0 Å². The number of carbonyl (C=O) groups is 3. The molecular formula is C16H20N2O5. The van der Waals surface area contributed by atoms with Crippen molar-refractivity contribution < 1.29 is 24.2 Å². The molecule has 124 valence electrons. The van der Waals surface area contributed by atoms with Crippen molar-refractivity contribution >= 4 is 23.5 Å². The molecule has 3 N–H and O–H groups in total. The second-order valence-corrected chi connectivity index (χ2v) is 5.49. The Hall–Kier alpha value is -2.41. The first-order chi connectivity index (χ1) is 11.0. The molecule has 1 atom stereocenters. The Bertz CT molecular complexity index is 598. The van der Waals surface area contributed by atoms with Gasteiger partial charge in [0.2, 0.25) is 5.91 Å². The van der Waals surface area contributed by atoms with Crippen LogP contribution in [-0.2, 0) is 14.3 Å². The minimum Gasteiger partial charge on any atom is -0.480 e. The maximum Gasteiger partial charge on any atom is 0.326 e. The van der Waals surface area contributed by atoms with E-state index in [1.165, 1.54) is 13.2 Å². The summed E-state index contributed by atoms with van der Waals surface area (Å²) in [5.74, 6) is -1.60. The number of amides is 2. The molecule has 1 aromatic carbocycles. The number of carboxylic acid groups (broad SMARTS) is 1. The summed E-state index contributed by atoms with van der Waals surface area (Å²) in [7, 11) is 1.47. The van der Waals surface area contributed by atoms with Gasteiger partial charge in [0.1, 0.15) is 6.04 Å². The first-order valence-electron chi connectivity index (χ1n) is 7.45. The van der Waals surface area contributed by atoms with Gasteiger partial charge >= 0.3 is 5.97 Å². The summed E-state index contributed by atoms with van der Waals surface area (Å²) in [6.45, 7) is 0.231. The number of nitrogens with one attached hydrogen (secondary N) is 2. The highest BCUT2D eigenvalue weighted by Gasteiger charge is 2.29. The van der Waals surface area contributed by atoms with Crippen molar-refractivity contribution in [3.05, 3.63) is 29.8 Å². The molecule has 0 radical (unpaired) electrons. The standard InChI is InChI=1S/C16H20N2O5/c1-23-8-7-13(16(21)22)18-15(20)11-3-2-4-12(9-11)17-14(19)10-5-6-10/h2-4,9-10,13H,5-8H2,1H3,(H,17,19)(H,18,20)(H,21,22). The van der Waals surface area contributed by atoms with Crippen LogP contribution in [0, 0.1) is 5.92 Å². The fourth-order valence-electron chi connectivity index (χ4n) is 2.06. The molecule has 0 heterocycles. The normalized spacial score (nSPS) is 14.8. The van der Waals surface area contributed by atoms with E-state index < -0.39 is 17.9 Å². The molecule has 0 saturated heterocycles. The number of carbonyl (C=O) groups excluding carboxylic acids is 2. The van der Waals surface area contributed by atoms with Crippen LogP contribution in [0.4, 0.5) is 5.69 Å². The maximum absolute atomic E-state index is 12.2. The number of ether oxygens (including phenoxy) is 1. The van der Waals surface area contributed by atoms with Crippen LogP contribution in [0.3, 0.4) is 0 Å². The smallest absolute Gasteiger partial charge is 0.326 e. The fourth-order valence-corrected chi connectivity index (χ4v) is 2.06. The van der Waals surface area contributed by atoms with E-state index in [1.54, 1.807) is 18.2 Å². The summed E-state index contributed by atoms with van der Waals surface area (Å²) in [5.41, 5.74) is 0.820. The van der Waals surface area contributed by atoms with Gasteiger partial charge in [-0.2, -0.15) is 0 Å². The Kier molecular flexibility index (Phi) is 5.70. The van der Waals surface area contributed by atoms with E-state index in [2.05, 4.69) is 10.6 Å². The van der Waals surface area contributed by atoms with E-state index in [4.69, 9.17) is 9.84 Å². The quantitative estimate of drug-likeness (QED) is 0.669. The first kappa shape index (κ1) is 17.0. The topological polar surface area (TPSA) is 105 Å². The summed E-state index contributed by atoms with van der Waals surface area (Å²) >= 11 is 0. The van der Waals surface area contributed by atoms with E-state index in [-0.39, 0.29) is 24.9 Å². The predicted octanol–water partition coefficient (Wildman–Crippen LogP) is 1.25. The first-order valence-corrected chi connectivity index (χ1v) is 7.45. The zero-order valence-corrected chi connectivity index (χ0v) is 12.9. The zero-order valence-electron chi connectivity index (χ0n) is 12.9. The number of anilines is 1. The van der Waals surface area contributed by atoms with Crippen LogP contribution in [0.1, 0.15) is 29.6 Å². The van der Waals surface area contributed by atoms with Gasteiger partial charge in [0.05, 0.1) is 0 Å². The molecular weight excluding hydrogens is 300 g/mol. The van der Waals surface area contributed by atoms with Crippen molar-refractivity contribution in [2.45, 2.75) is 25.3 Å². The van der Waals surface area contributed by atoms with Crippen LogP contribution in [0.5, 0.6) is 0 Å². The number of hydrogen-bond donors (Lipinski definition) is 3. The number of methoxy groups -OCH3 is 1. The van der Waals surface area contributed by atoms with Gasteiger partial charge in [-0.15, -0.1) is 0 Å². The molecule has 1 aliphatic rings. The molecule has 0 aromatic heterocycles. The summed E-state index contributed by atoms with van der Waals surface area (Å²) in [6, 6.07) is 5.41. The molecule has 1 saturated carbocycles. The third-order valence-electron chi connectivity index (χ3n) is 3.55. The lowest BCUT2D eigenvalue weighted by Gasteiger charge is -2.14. The summed E-state index contributed by atoms with van der Waals surface area (Å²) < 4.78 is 4.84. The minimum absolute atomic E-state index is 0.0499. The molecule has 1 unspecified atom stereocenters. The SMILES string of the molecule is COCCC(NC(=O)c1cccc(NC(=O)C2CC2)c1)C(=O)O. The van der Waals surface area contributed by atoms with Crippen LogP contribution in [0.15, 0.2) is 24.3 Å². The molecule has 7 nitrogen and oxygen atoms in total. The van der Waals surface area contributed by atoms with Crippen LogP contribution in [0.25, 0.3) is 0 Å². The summed E-state index contributed by atoms with van der Waals surface area (Å²) in [6.07, 6.45) is 1.97. The number of aliphatic carboxylic acids is 1. The van der Waals surface area contributed by atoms with Crippen molar-refractivity contribution in [2.24, 2.45) is 5.92 Å². The van der Waals surface area contributed by atoms with Crippen LogP contribution < -0.4 is 10.6 Å². The Morgan fingerprint density at radius 3 is 2.70 bits per heavy atom. The molecule has 0 spiro atoms. The van der Waals surface area contributed by atoms with Gasteiger partial charge in [-0.25, -0.2) is 4.79 Å². The summed E-state index contributed by atoms with van der Waals surface area (Å²) in [5, 5.41) is 14.3. The highest BCUT2D eigenvalue weighted by molar-refractivity contribution is 5.99. The number of hydrogen-bond acceptors (Lipinski definition) is 4. The summed E-state index contributed by atoms with van der Waals surface area (Å²) in [4.78, 5) is 35.1. The van der Waals surface area contributed by atoms with E-state index >= 15 is 0 Å². The van der Waals surface area contributed by atoms with Crippen molar-refractivity contribution in [1.29, 1.82) is 0 Å². The van der Waals surface area contributed by atoms with Gasteiger partial charge in [0.15, 0.2) is 0 Å². The fraction of sp³-hybridized carbons (Fsp3) is 0.438. The third-order valence-corrected chi connectivity index (χ3v) is 3.55. The zero-order chi connectivity index (χ0) is 16.8. The van der Waals surface area contributed by atoms with Crippen LogP contribution >= 0.6 is 0 Å². The van der Waals surface area contributed by atoms with Crippen molar-refractivity contribution in [3.63, 3.8) is 0 Å². The molecule has 2 rings (SSSR count). The van der Waals surface area contributed by atoms with Gasteiger partial charge in [-0.3, -0.25) is 9.59 Å². The molecule has 0 aliphatic heterocycles. The third kappa shape index (κ3) is 5.07. The molecule has 7 heteroatoms. The second kappa shape index (κ2) is 7.73. The monoisotopic (exact) mass is 320 g/mol. The van der Waals surface area contributed by atoms with E-state index in [0.29, 0.717) is 11.3 Å². The number of benzene rings is 1. The minimum atomic E-state index is -1.12. The molecule has 1 fully saturated rings. The lowest BCUT2D eigenvalue weighted by atomic mass is 10.1. The van der Waals surface area contributed by atoms with Gasteiger partial charge in [-0.05, 0) is 31.0 Å². The lowest BCUT2D eigenvalue weighted by Crippen LogP contribution is -2.41. The van der Waals surface area contributed by atoms with Gasteiger partial charge in [-0.1, -0.05) is 6.07 Å². The van der Waals surface area contributed by atoms with Gasteiger partial charge < -0.3 is 20.5 Å². The highest BCUT2D eigenvalue weighted by atomic mass is 16.5. The van der Waals surface area contributed by atoms with Gasteiger partial charge in [0.25, 0.3) is 5.91 Å². The van der Waals surface area contributed by atoms with E-state index in [0.717, 1.165) is 12.8 Å². The van der Waals surface area contributed by atoms with Crippen LogP contribution in [-0.4, -0.2) is 42.6 Å². The molecule has 1 aromatic rings. The largest absolute Gasteiger partial charge is 0.480 e. The van der Waals surface area contributed by atoms with Crippen molar-refractivity contribution in [1.82, 2.24) is 5.32 Å². The Morgan fingerprint density at radius 2 is 2.09 bits per heavy atom. The molecule has 1 aliphatic carbocycles. The van der Waals surface area contributed by atoms with Crippen molar-refractivity contribution in [2.75, 3.05) is 19.0 Å². The molecule has 0 bridgehead atoms. The Morgan fingerprint density at radius 1 is 1.35 bits per heavy atom. The second-order valence-electron chi connectivity index (χ2n) is 5.49. The Balaban J connectivity index is 2.00. The predicted molar refractivity (Wildman–Crippen MR) is 83.2 cm³/mol. The number of carboxylic acids is 1. The van der Waals surface area contributed by atoms with E-state index in [9.17, 15) is 14.4 Å². The van der Waals surface area contributed by atoms with Gasteiger partial charge in [0, 0.05) is 37.3 Å². The lowest BCUT2D eigenvalue weighted by molar-refractivity contribution is -0.139. The average Bonchev–Trinajstić information content (AvgIpc) is 3.36. The molecule has 23 heavy (non-hydrogen) atoms. The average molecular weight is 320 g/mol. The maximum atomic E-state index is 12.2. The van der Waals surface area contributed by atoms with E-state index in [1.807, 2.05) is 0 Å².